The van der Waals surface area contributed by atoms with Crippen molar-refractivity contribution < 1.29 is 0 Å². The van der Waals surface area contributed by atoms with E-state index in [1.54, 1.807) is 0 Å². The zero-order valence-electron chi connectivity index (χ0n) is 27.2. The molecule has 0 aliphatic carbocycles. The van der Waals surface area contributed by atoms with Crippen LogP contribution < -0.4 is 0 Å². The summed E-state index contributed by atoms with van der Waals surface area (Å²) >= 11 is 0. The maximum atomic E-state index is 5.04. The first-order valence-electron chi connectivity index (χ1n) is 17.0. The summed E-state index contributed by atoms with van der Waals surface area (Å²) in [5.41, 5.74) is 11.1. The van der Waals surface area contributed by atoms with Gasteiger partial charge in [-0.25, -0.2) is 0 Å². The summed E-state index contributed by atoms with van der Waals surface area (Å²) in [4.78, 5) is 23.9. The normalized spacial score (nSPS) is 11.9. The number of rotatable bonds is 3. The molecule has 6 heterocycles. The fourth-order valence-electron chi connectivity index (χ4n) is 7.89. The van der Waals surface area contributed by atoms with Crippen molar-refractivity contribution in [2.24, 2.45) is 0 Å². The van der Waals surface area contributed by atoms with Crippen LogP contribution >= 0.6 is 0 Å². The molecule has 6 heteroatoms. The van der Waals surface area contributed by atoms with Crippen molar-refractivity contribution in [1.82, 2.24) is 29.5 Å². The molecule has 0 spiro atoms. The van der Waals surface area contributed by atoms with Crippen molar-refractivity contribution in [3.05, 3.63) is 158 Å². The Balaban J connectivity index is 1.13. The third-order valence-corrected chi connectivity index (χ3v) is 10.2. The summed E-state index contributed by atoms with van der Waals surface area (Å²) < 4.78 is 2.39. The third kappa shape index (κ3) is 4.14. The number of fused-ring (bicyclic) bond motifs is 11. The molecule has 6 aromatic heterocycles. The zero-order valence-corrected chi connectivity index (χ0v) is 27.2. The highest BCUT2D eigenvalue weighted by Crippen LogP contribution is 2.41. The van der Waals surface area contributed by atoms with Crippen molar-refractivity contribution >= 4 is 76.2 Å². The lowest BCUT2D eigenvalue weighted by atomic mass is 9.98. The molecule has 51 heavy (non-hydrogen) atoms. The van der Waals surface area contributed by atoms with Crippen LogP contribution in [0.5, 0.6) is 0 Å². The van der Waals surface area contributed by atoms with E-state index in [1.807, 2.05) is 55.2 Å². The van der Waals surface area contributed by atoms with E-state index < -0.39 is 0 Å². The smallest absolute Gasteiger partial charge is 0.0985 e. The lowest BCUT2D eigenvalue weighted by Gasteiger charge is -2.13. The molecule has 0 bridgehead atoms. The zero-order chi connectivity index (χ0) is 33.5. The molecule has 5 aromatic carbocycles. The van der Waals surface area contributed by atoms with Gasteiger partial charge < -0.3 is 4.57 Å². The summed E-state index contributed by atoms with van der Waals surface area (Å²) in [5.74, 6) is 0. The molecule has 6 nitrogen and oxygen atoms in total. The van der Waals surface area contributed by atoms with Gasteiger partial charge in [-0.05, 0) is 83.1 Å². The summed E-state index contributed by atoms with van der Waals surface area (Å²) in [5, 5.41) is 9.05. The minimum absolute atomic E-state index is 0.897. The number of aromatic nitrogens is 6. The Morgan fingerprint density at radius 1 is 0.392 bits per heavy atom. The maximum Gasteiger partial charge on any atom is 0.0985 e. The Hall–Kier alpha value is -7.05. The second-order valence-electron chi connectivity index (χ2n) is 12.9. The Morgan fingerprint density at radius 3 is 1.80 bits per heavy atom. The lowest BCUT2D eigenvalue weighted by molar-refractivity contribution is 1.20. The van der Waals surface area contributed by atoms with Crippen molar-refractivity contribution in [2.75, 3.05) is 0 Å². The van der Waals surface area contributed by atoms with Crippen LogP contribution in [-0.2, 0) is 0 Å². The van der Waals surface area contributed by atoms with Gasteiger partial charge in [-0.15, -0.1) is 0 Å². The molecule has 0 saturated carbocycles. The summed E-state index contributed by atoms with van der Waals surface area (Å²) in [6.45, 7) is 0. The quantitative estimate of drug-likeness (QED) is 0.178. The Kier molecular flexibility index (Phi) is 5.86. The molecule has 0 amide bonds. The van der Waals surface area contributed by atoms with E-state index in [9.17, 15) is 0 Å². The fraction of sp³-hybridized carbons (Fsp3) is 0. The second-order valence-corrected chi connectivity index (χ2v) is 12.9. The summed E-state index contributed by atoms with van der Waals surface area (Å²) in [7, 11) is 0. The first kappa shape index (κ1) is 27.9. The average molecular weight is 651 g/mol. The Bertz CT molecular complexity index is 3200. The summed E-state index contributed by atoms with van der Waals surface area (Å²) in [6, 6.07) is 45.0. The minimum atomic E-state index is 0.897. The van der Waals surface area contributed by atoms with Crippen molar-refractivity contribution in [3.8, 4) is 28.1 Å². The number of nitrogens with zero attached hydrogens (tertiary/aromatic N) is 6. The van der Waals surface area contributed by atoms with E-state index in [-0.39, 0.29) is 0 Å². The van der Waals surface area contributed by atoms with Crippen molar-refractivity contribution in [3.63, 3.8) is 0 Å². The SMILES string of the molecule is c1ccc2c(c1)ccc1c2c2cc(-c3ccc(-c4cc5cccnc5c5ncccc45)cn3)ccc2n1-c1cc2cccnc2c2ncccc12. The van der Waals surface area contributed by atoms with Gasteiger partial charge in [-0.1, -0.05) is 60.7 Å². The lowest BCUT2D eigenvalue weighted by Crippen LogP contribution is -1.97. The molecule has 0 unspecified atom stereocenters. The maximum absolute atomic E-state index is 5.04. The molecular formula is C45H26N6. The van der Waals surface area contributed by atoms with Gasteiger partial charge in [0.05, 0.1) is 44.5 Å². The molecule has 0 saturated heterocycles. The number of hydrogen-bond acceptors (Lipinski definition) is 5. The van der Waals surface area contributed by atoms with Crippen LogP contribution in [0.25, 0.3) is 104 Å². The van der Waals surface area contributed by atoms with Gasteiger partial charge in [-0.2, -0.15) is 0 Å². The number of benzene rings is 5. The molecular weight excluding hydrogens is 625 g/mol. The van der Waals surface area contributed by atoms with E-state index in [4.69, 9.17) is 19.9 Å². The van der Waals surface area contributed by atoms with Crippen LogP contribution in [0.1, 0.15) is 0 Å². The highest BCUT2D eigenvalue weighted by Gasteiger charge is 2.19. The first-order valence-corrected chi connectivity index (χ1v) is 17.0. The highest BCUT2D eigenvalue weighted by atomic mass is 15.0. The van der Waals surface area contributed by atoms with Gasteiger partial charge in [0, 0.05) is 74.4 Å². The van der Waals surface area contributed by atoms with Crippen LogP contribution in [0, 0.1) is 0 Å². The van der Waals surface area contributed by atoms with Gasteiger partial charge in [0.1, 0.15) is 0 Å². The summed E-state index contributed by atoms with van der Waals surface area (Å²) in [6.07, 6.45) is 9.31. The van der Waals surface area contributed by atoms with E-state index in [1.165, 1.54) is 21.5 Å². The number of pyridine rings is 5. The molecule has 0 aliphatic rings. The fourth-order valence-corrected chi connectivity index (χ4v) is 7.89. The highest BCUT2D eigenvalue weighted by molar-refractivity contribution is 6.23. The molecule has 11 aromatic rings. The predicted molar refractivity (Wildman–Crippen MR) is 208 cm³/mol. The standard InChI is InChI=1S/C45H26N6/c1-2-10-32-27(7-1)14-18-39-41(32)36-23-28(15-17-38(36)51(39)40-25-30-9-4-20-47-43(30)45-34(40)12-6-22-49-45)37-16-13-31(26-50-37)35-24-29-8-3-19-46-42(29)44-33(35)11-5-21-48-44/h1-26H. The monoisotopic (exact) mass is 650 g/mol. The van der Waals surface area contributed by atoms with Gasteiger partial charge in [0.2, 0.25) is 0 Å². The van der Waals surface area contributed by atoms with E-state index >= 15 is 0 Å². The van der Waals surface area contributed by atoms with Crippen LogP contribution in [0.2, 0.25) is 0 Å². The Labute approximate surface area is 291 Å². The average Bonchev–Trinajstić information content (AvgIpc) is 3.54. The Morgan fingerprint density at radius 2 is 1.02 bits per heavy atom. The molecule has 11 rings (SSSR count). The topological polar surface area (TPSA) is 69.4 Å². The van der Waals surface area contributed by atoms with Crippen LogP contribution in [-0.4, -0.2) is 29.5 Å². The van der Waals surface area contributed by atoms with Crippen molar-refractivity contribution in [1.29, 1.82) is 0 Å². The predicted octanol–water partition coefficient (Wildman–Crippen LogP) is 10.9. The molecule has 0 fully saturated rings. The van der Waals surface area contributed by atoms with Crippen LogP contribution in [0.4, 0.5) is 0 Å². The van der Waals surface area contributed by atoms with E-state index in [0.29, 0.717) is 0 Å². The van der Waals surface area contributed by atoms with Gasteiger partial charge in [-0.3, -0.25) is 24.9 Å². The third-order valence-electron chi connectivity index (χ3n) is 10.2. The largest absolute Gasteiger partial charge is 0.309 e. The molecule has 0 N–H and O–H groups in total. The minimum Gasteiger partial charge on any atom is -0.309 e. The van der Waals surface area contributed by atoms with Crippen LogP contribution in [0.3, 0.4) is 0 Å². The molecule has 0 radical (unpaired) electrons. The molecule has 0 atom stereocenters. The van der Waals surface area contributed by atoms with E-state index in [2.05, 4.69) is 113 Å². The molecule has 236 valence electrons. The van der Waals surface area contributed by atoms with E-state index in [0.717, 1.165) is 82.7 Å². The van der Waals surface area contributed by atoms with Gasteiger partial charge >= 0.3 is 0 Å². The molecule has 0 aliphatic heterocycles. The van der Waals surface area contributed by atoms with Crippen LogP contribution in [0.15, 0.2) is 158 Å². The first-order chi connectivity index (χ1) is 25.3. The number of hydrogen-bond donors (Lipinski definition) is 0. The van der Waals surface area contributed by atoms with Gasteiger partial charge in [0.25, 0.3) is 0 Å². The van der Waals surface area contributed by atoms with Crippen molar-refractivity contribution in [2.45, 2.75) is 0 Å². The second kappa shape index (κ2) is 10.7. The van der Waals surface area contributed by atoms with Gasteiger partial charge in [0.15, 0.2) is 0 Å².